The summed E-state index contributed by atoms with van der Waals surface area (Å²) in [4.78, 5) is 21.9. The number of pyridine rings is 1. The Morgan fingerprint density at radius 1 is 1.28 bits per heavy atom. The minimum Gasteiger partial charge on any atom is -0.390 e. The molecule has 1 aromatic carbocycles. The van der Waals surface area contributed by atoms with E-state index >= 15 is 4.39 Å². The molecule has 210 valence electrons. The van der Waals surface area contributed by atoms with Crippen LogP contribution in [0, 0.1) is 11.6 Å². The number of aryl methyl sites for hydroxylation is 1. The second-order valence-electron chi connectivity index (χ2n) is 9.95. The van der Waals surface area contributed by atoms with E-state index in [2.05, 4.69) is 25.3 Å². The molecule has 1 unspecified atom stereocenters. The first-order chi connectivity index (χ1) is 18.6. The second kappa shape index (κ2) is 11.2. The molecule has 10 nitrogen and oxygen atoms in total. The number of anilines is 2. The van der Waals surface area contributed by atoms with Crippen molar-refractivity contribution < 1.29 is 22.5 Å². The predicted molar refractivity (Wildman–Crippen MR) is 143 cm³/mol. The molecule has 2 atom stereocenters. The van der Waals surface area contributed by atoms with Gasteiger partial charge in [-0.2, -0.15) is 4.98 Å². The fourth-order valence-corrected chi connectivity index (χ4v) is 5.98. The minimum atomic E-state index is -1.94. The quantitative estimate of drug-likeness (QED) is 0.330. The van der Waals surface area contributed by atoms with Gasteiger partial charge in [0.1, 0.15) is 17.6 Å². The summed E-state index contributed by atoms with van der Waals surface area (Å²) in [5.74, 6) is -1.81. The molecule has 2 aliphatic rings. The Labute approximate surface area is 225 Å². The van der Waals surface area contributed by atoms with E-state index in [0.717, 1.165) is 25.2 Å². The Kier molecular flexibility index (Phi) is 7.89. The summed E-state index contributed by atoms with van der Waals surface area (Å²) < 4.78 is 61.4. The molecule has 2 aliphatic heterocycles. The van der Waals surface area contributed by atoms with Gasteiger partial charge in [0.25, 0.3) is 5.56 Å². The molecular formula is C25H30F3N7O3S. The van der Waals surface area contributed by atoms with Gasteiger partial charge in [-0.3, -0.25) is 14.1 Å². The molecule has 2 aromatic heterocycles. The molecule has 2 saturated heterocycles. The number of hydrogen-bond donors (Lipinski definition) is 4. The van der Waals surface area contributed by atoms with Crippen molar-refractivity contribution in [2.45, 2.75) is 37.5 Å². The lowest BCUT2D eigenvalue weighted by Gasteiger charge is -2.32. The van der Waals surface area contributed by atoms with Crippen molar-refractivity contribution in [1.82, 2.24) is 24.2 Å². The number of alkyl halides is 1. The van der Waals surface area contributed by atoms with Crippen molar-refractivity contribution in [2.24, 2.45) is 7.05 Å². The minimum absolute atomic E-state index is 0.0598. The van der Waals surface area contributed by atoms with Gasteiger partial charge < -0.3 is 15.7 Å². The zero-order chi connectivity index (χ0) is 27.7. The van der Waals surface area contributed by atoms with Crippen LogP contribution >= 0.6 is 0 Å². The maximum Gasteiger partial charge on any atom is 0.260 e. The van der Waals surface area contributed by atoms with Crippen LogP contribution in [0.3, 0.4) is 0 Å². The van der Waals surface area contributed by atoms with Gasteiger partial charge in [0.15, 0.2) is 17.0 Å². The van der Waals surface area contributed by atoms with Gasteiger partial charge in [-0.15, -0.1) is 0 Å². The lowest BCUT2D eigenvalue weighted by Crippen LogP contribution is -2.42. The third-order valence-electron chi connectivity index (χ3n) is 7.24. The summed E-state index contributed by atoms with van der Waals surface area (Å²) in [5.41, 5.74) is -2.30. The Morgan fingerprint density at radius 3 is 2.77 bits per heavy atom. The third kappa shape index (κ3) is 5.78. The largest absolute Gasteiger partial charge is 0.390 e. The summed E-state index contributed by atoms with van der Waals surface area (Å²) >= 11 is -1.94. The van der Waals surface area contributed by atoms with Gasteiger partial charge in [0, 0.05) is 38.3 Å². The molecule has 0 spiro atoms. The van der Waals surface area contributed by atoms with Gasteiger partial charge in [0.05, 0.1) is 22.4 Å². The summed E-state index contributed by atoms with van der Waals surface area (Å²) in [7, 11) is 1.44. The Morgan fingerprint density at radius 2 is 2.05 bits per heavy atom. The first-order valence-electron chi connectivity index (χ1n) is 12.7. The Hall–Kier alpha value is -3.07. The van der Waals surface area contributed by atoms with Crippen molar-refractivity contribution in [3.05, 3.63) is 46.4 Å². The van der Waals surface area contributed by atoms with Crippen LogP contribution in [0.25, 0.3) is 22.2 Å². The van der Waals surface area contributed by atoms with E-state index in [0.29, 0.717) is 31.2 Å². The topological polar surface area (TPSA) is 124 Å². The number of rotatable bonds is 8. The first-order valence-corrected chi connectivity index (χ1v) is 13.9. The fraction of sp³-hybridized carbons (Fsp3) is 0.480. The molecule has 2 fully saturated rings. The van der Waals surface area contributed by atoms with E-state index in [9.17, 15) is 22.9 Å². The van der Waals surface area contributed by atoms with E-state index in [1.807, 2.05) is 0 Å². The molecule has 4 N–H and O–H groups in total. The molecule has 4 heterocycles. The molecule has 0 amide bonds. The number of benzene rings is 1. The number of halogens is 3. The highest BCUT2D eigenvalue weighted by molar-refractivity contribution is 7.84. The van der Waals surface area contributed by atoms with Crippen LogP contribution in [-0.2, 0) is 18.2 Å². The maximum atomic E-state index is 15.5. The lowest BCUT2D eigenvalue weighted by atomic mass is 9.89. The number of aliphatic hydroxyl groups is 1. The first kappa shape index (κ1) is 27.5. The SMILES string of the molecule is Cn1c(=O)c(-c2c(F)ccc(NS(=O)N3CC[C@@H](F)C3)c2F)cc2cnc(NCCC3(O)CCNCC3)nc21. The van der Waals surface area contributed by atoms with Crippen molar-refractivity contribution >= 4 is 33.8 Å². The third-order valence-corrected chi connectivity index (χ3v) is 8.44. The maximum absolute atomic E-state index is 15.5. The van der Waals surface area contributed by atoms with Crippen molar-refractivity contribution in [3.63, 3.8) is 0 Å². The van der Waals surface area contributed by atoms with Crippen LogP contribution in [0.2, 0.25) is 0 Å². The van der Waals surface area contributed by atoms with Gasteiger partial charge in [-0.25, -0.2) is 26.7 Å². The average molecular weight is 566 g/mol. The van der Waals surface area contributed by atoms with Crippen LogP contribution < -0.4 is 20.9 Å². The van der Waals surface area contributed by atoms with Crippen molar-refractivity contribution in [1.29, 1.82) is 0 Å². The number of hydrogen-bond acceptors (Lipinski definition) is 7. The second-order valence-corrected chi connectivity index (χ2v) is 11.2. The zero-order valence-corrected chi connectivity index (χ0v) is 22.2. The average Bonchev–Trinajstić information content (AvgIpc) is 3.35. The lowest BCUT2D eigenvalue weighted by molar-refractivity contribution is 0.00570. The van der Waals surface area contributed by atoms with Gasteiger partial charge in [-0.05, 0) is 57.0 Å². The molecule has 5 rings (SSSR count). The number of piperidine rings is 1. The molecule has 3 aromatic rings. The van der Waals surface area contributed by atoms with E-state index in [-0.39, 0.29) is 42.4 Å². The van der Waals surface area contributed by atoms with Crippen LogP contribution in [0.5, 0.6) is 0 Å². The van der Waals surface area contributed by atoms with Crippen LogP contribution in [0.4, 0.5) is 24.8 Å². The van der Waals surface area contributed by atoms with E-state index in [1.165, 1.54) is 28.2 Å². The smallest absolute Gasteiger partial charge is 0.260 e. The molecular weight excluding hydrogens is 535 g/mol. The Balaban J connectivity index is 1.40. The fourth-order valence-electron chi connectivity index (χ4n) is 4.94. The van der Waals surface area contributed by atoms with E-state index in [1.54, 1.807) is 0 Å². The van der Waals surface area contributed by atoms with Crippen LogP contribution in [0.15, 0.2) is 29.2 Å². The van der Waals surface area contributed by atoms with Gasteiger partial charge >= 0.3 is 0 Å². The molecule has 0 bridgehead atoms. The standard InChI is InChI=1S/C25H30F3N7O3S/c1-34-22-15(13-31-24(32-22)30-10-7-25(37)5-8-29-9-6-25)12-17(23(34)36)20-18(27)2-3-19(21(20)28)33-39(38)35-11-4-16(26)14-35/h2-3,12-13,16,29,33,37H,4-11,14H2,1H3,(H,30,31,32)/t16-,39?/m1/s1. The summed E-state index contributed by atoms with van der Waals surface area (Å²) in [6.07, 6.45) is 2.36. The highest BCUT2D eigenvalue weighted by Gasteiger charge is 2.29. The van der Waals surface area contributed by atoms with Crippen LogP contribution in [0.1, 0.15) is 25.7 Å². The Bertz CT molecular complexity index is 1470. The van der Waals surface area contributed by atoms with Crippen molar-refractivity contribution in [2.75, 3.05) is 42.8 Å². The predicted octanol–water partition coefficient (Wildman–Crippen LogP) is 2.22. The summed E-state index contributed by atoms with van der Waals surface area (Å²) in [6, 6.07) is 3.38. The van der Waals surface area contributed by atoms with E-state index < -0.39 is 45.7 Å². The summed E-state index contributed by atoms with van der Waals surface area (Å²) in [6.45, 7) is 2.11. The number of fused-ring (bicyclic) bond motifs is 1. The van der Waals surface area contributed by atoms with Gasteiger partial charge in [0.2, 0.25) is 5.95 Å². The molecule has 0 radical (unpaired) electrons. The normalized spacial score (nSPS) is 20.3. The number of nitrogens with zero attached hydrogens (tertiary/aromatic N) is 4. The molecule has 39 heavy (non-hydrogen) atoms. The zero-order valence-electron chi connectivity index (χ0n) is 21.3. The molecule has 0 aliphatic carbocycles. The monoisotopic (exact) mass is 565 g/mol. The number of nitrogens with one attached hydrogen (secondary N) is 3. The summed E-state index contributed by atoms with van der Waals surface area (Å²) in [5, 5.41) is 17.3. The highest BCUT2D eigenvalue weighted by atomic mass is 32.2. The van der Waals surface area contributed by atoms with E-state index in [4.69, 9.17) is 0 Å². The van der Waals surface area contributed by atoms with Gasteiger partial charge in [-0.1, -0.05) is 0 Å². The number of aromatic nitrogens is 3. The van der Waals surface area contributed by atoms with Crippen molar-refractivity contribution in [3.8, 4) is 11.1 Å². The molecule has 14 heteroatoms. The molecule has 0 saturated carbocycles. The highest BCUT2D eigenvalue weighted by Crippen LogP contribution is 2.31. The van der Waals surface area contributed by atoms with Crippen LogP contribution in [-0.4, -0.2) is 72.7 Å².